The lowest BCUT2D eigenvalue weighted by Gasteiger charge is -2.07. The van der Waals surface area contributed by atoms with Crippen molar-refractivity contribution in [2.24, 2.45) is 0 Å². The number of para-hydroxylation sites is 1. The fourth-order valence-corrected chi connectivity index (χ4v) is 1.48. The van der Waals surface area contributed by atoms with Gasteiger partial charge in [0.15, 0.2) is 0 Å². The highest BCUT2D eigenvalue weighted by Crippen LogP contribution is 2.14. The van der Waals surface area contributed by atoms with Crippen molar-refractivity contribution in [1.29, 1.82) is 0 Å². The highest BCUT2D eigenvalue weighted by molar-refractivity contribution is 5.51. The van der Waals surface area contributed by atoms with Crippen LogP contribution in [0.15, 0.2) is 66.4 Å². The average Bonchev–Trinajstić information content (AvgIpc) is 2.40. The molecule has 17 heavy (non-hydrogen) atoms. The largest absolute Gasteiger partial charge is 0.459 e. The predicted molar refractivity (Wildman–Crippen MR) is 68.6 cm³/mol. The molecule has 0 bridgehead atoms. The van der Waals surface area contributed by atoms with Gasteiger partial charge in [0.2, 0.25) is 0 Å². The van der Waals surface area contributed by atoms with Crippen LogP contribution in [-0.4, -0.2) is 11.7 Å². The van der Waals surface area contributed by atoms with E-state index in [0.29, 0.717) is 5.76 Å². The molecule has 0 heterocycles. The minimum absolute atomic E-state index is 0.121. The number of hydrogen-bond donors (Lipinski definition) is 1. The van der Waals surface area contributed by atoms with Crippen molar-refractivity contribution < 1.29 is 9.84 Å². The summed E-state index contributed by atoms with van der Waals surface area (Å²) in [5.74, 6) is 1.26. The Morgan fingerprint density at radius 3 is 2.12 bits per heavy atom. The van der Waals surface area contributed by atoms with Crippen LogP contribution in [0, 0.1) is 0 Å². The first-order valence-corrected chi connectivity index (χ1v) is 5.48. The molecule has 0 aliphatic carbocycles. The van der Waals surface area contributed by atoms with Crippen LogP contribution in [0.5, 0.6) is 5.75 Å². The summed E-state index contributed by atoms with van der Waals surface area (Å²) in [6.07, 6.45) is 1.83. The van der Waals surface area contributed by atoms with Crippen LogP contribution in [-0.2, 0) is 0 Å². The van der Waals surface area contributed by atoms with Crippen molar-refractivity contribution in [3.05, 3.63) is 72.0 Å². The van der Waals surface area contributed by atoms with Gasteiger partial charge in [-0.05, 0) is 23.8 Å². The lowest BCUT2D eigenvalue weighted by molar-refractivity contribution is 0.266. The monoisotopic (exact) mass is 226 g/mol. The number of benzene rings is 2. The Labute approximate surface area is 101 Å². The van der Waals surface area contributed by atoms with E-state index in [-0.39, 0.29) is 6.61 Å². The second-order valence-corrected chi connectivity index (χ2v) is 3.59. The Bertz CT molecular complexity index is 475. The summed E-state index contributed by atoms with van der Waals surface area (Å²) >= 11 is 0. The zero-order valence-corrected chi connectivity index (χ0v) is 9.41. The quantitative estimate of drug-likeness (QED) is 0.812. The Morgan fingerprint density at radius 1 is 0.941 bits per heavy atom. The third-order valence-corrected chi connectivity index (χ3v) is 2.28. The molecule has 0 saturated carbocycles. The van der Waals surface area contributed by atoms with Crippen molar-refractivity contribution in [3.63, 3.8) is 0 Å². The number of ether oxygens (including phenoxy) is 1. The van der Waals surface area contributed by atoms with Gasteiger partial charge in [-0.3, -0.25) is 0 Å². The Balaban J connectivity index is 2.15. The number of hydrogen-bond acceptors (Lipinski definition) is 2. The van der Waals surface area contributed by atoms with E-state index in [1.54, 1.807) is 0 Å². The second-order valence-electron chi connectivity index (χ2n) is 3.59. The Hall–Kier alpha value is -2.06. The number of aliphatic hydroxyl groups excluding tert-OH is 1. The van der Waals surface area contributed by atoms with Gasteiger partial charge < -0.3 is 9.84 Å². The van der Waals surface area contributed by atoms with Gasteiger partial charge in [-0.1, -0.05) is 48.5 Å². The molecule has 0 fully saturated rings. The van der Waals surface area contributed by atoms with Crippen LogP contribution in [0.1, 0.15) is 5.56 Å². The molecule has 2 aromatic rings. The van der Waals surface area contributed by atoms with Gasteiger partial charge in [-0.2, -0.15) is 0 Å². The molecule has 86 valence electrons. The first-order valence-electron chi connectivity index (χ1n) is 5.48. The average molecular weight is 226 g/mol. The van der Waals surface area contributed by atoms with Gasteiger partial charge in [0.1, 0.15) is 18.1 Å². The molecule has 0 saturated heterocycles. The van der Waals surface area contributed by atoms with Gasteiger partial charge in [0.25, 0.3) is 0 Å². The summed E-state index contributed by atoms with van der Waals surface area (Å²) < 4.78 is 5.58. The van der Waals surface area contributed by atoms with Crippen molar-refractivity contribution in [3.8, 4) is 5.75 Å². The fourth-order valence-electron chi connectivity index (χ4n) is 1.48. The predicted octanol–water partition coefficient (Wildman–Crippen LogP) is 3.10. The molecule has 0 aromatic heterocycles. The van der Waals surface area contributed by atoms with Crippen LogP contribution >= 0.6 is 0 Å². The molecule has 2 nitrogen and oxygen atoms in total. The fraction of sp³-hybridized carbons (Fsp3) is 0.0667. The van der Waals surface area contributed by atoms with E-state index in [4.69, 9.17) is 4.74 Å². The highest BCUT2D eigenvalue weighted by Gasteiger charge is 1.99. The minimum atomic E-state index is -0.121. The first-order chi connectivity index (χ1) is 8.38. The third-order valence-electron chi connectivity index (χ3n) is 2.28. The third kappa shape index (κ3) is 3.47. The van der Waals surface area contributed by atoms with Crippen LogP contribution in [0.3, 0.4) is 0 Å². The summed E-state index contributed by atoms with van der Waals surface area (Å²) in [5, 5.41) is 9.26. The van der Waals surface area contributed by atoms with Crippen LogP contribution in [0.2, 0.25) is 0 Å². The maximum absolute atomic E-state index is 9.26. The lowest BCUT2D eigenvalue weighted by atomic mass is 10.2. The Morgan fingerprint density at radius 2 is 1.53 bits per heavy atom. The molecule has 0 radical (unpaired) electrons. The summed E-state index contributed by atoms with van der Waals surface area (Å²) in [6, 6.07) is 19.2. The van der Waals surface area contributed by atoms with Gasteiger partial charge >= 0.3 is 0 Å². The van der Waals surface area contributed by atoms with Gasteiger partial charge in [-0.25, -0.2) is 0 Å². The second kappa shape index (κ2) is 5.87. The smallest absolute Gasteiger partial charge is 0.130 e. The maximum Gasteiger partial charge on any atom is 0.130 e. The molecule has 0 aliphatic rings. The molecular weight excluding hydrogens is 212 g/mol. The van der Waals surface area contributed by atoms with Crippen molar-refractivity contribution in [2.45, 2.75) is 0 Å². The van der Waals surface area contributed by atoms with Gasteiger partial charge in [0.05, 0.1) is 0 Å². The first kappa shape index (κ1) is 11.4. The molecule has 0 aliphatic heterocycles. The normalized spacial score (nSPS) is 11.2. The van der Waals surface area contributed by atoms with E-state index in [2.05, 4.69) is 0 Å². The maximum atomic E-state index is 9.26. The van der Waals surface area contributed by atoms with E-state index < -0.39 is 0 Å². The lowest BCUT2D eigenvalue weighted by Crippen LogP contribution is -1.99. The topological polar surface area (TPSA) is 29.5 Å². The highest BCUT2D eigenvalue weighted by atomic mass is 16.5. The zero-order valence-electron chi connectivity index (χ0n) is 9.41. The standard InChI is InChI=1S/C15H14O2/c16-12-15(11-13-7-3-1-4-8-13)17-14-9-5-2-6-10-14/h1-11,16H,12H2. The SMILES string of the molecule is OCC(=Cc1ccccc1)Oc1ccccc1. The van der Waals surface area contributed by atoms with E-state index in [1.807, 2.05) is 66.7 Å². The molecule has 0 unspecified atom stereocenters. The molecule has 2 rings (SSSR count). The number of rotatable bonds is 4. The van der Waals surface area contributed by atoms with Crippen LogP contribution < -0.4 is 4.74 Å². The minimum Gasteiger partial charge on any atom is -0.459 e. The van der Waals surface area contributed by atoms with Crippen molar-refractivity contribution in [1.82, 2.24) is 0 Å². The molecule has 1 N–H and O–H groups in total. The summed E-state index contributed by atoms with van der Waals surface area (Å²) in [5.41, 5.74) is 1.01. The van der Waals surface area contributed by atoms with Gasteiger partial charge in [-0.15, -0.1) is 0 Å². The molecule has 0 atom stereocenters. The molecule has 0 spiro atoms. The van der Waals surface area contributed by atoms with Crippen LogP contribution in [0.4, 0.5) is 0 Å². The Kier molecular flexibility index (Phi) is 3.95. The van der Waals surface area contributed by atoms with E-state index >= 15 is 0 Å². The molecule has 2 aromatic carbocycles. The van der Waals surface area contributed by atoms with E-state index in [1.165, 1.54) is 0 Å². The molecule has 2 heteroatoms. The summed E-state index contributed by atoms with van der Waals surface area (Å²) in [6.45, 7) is -0.121. The van der Waals surface area contributed by atoms with Gasteiger partial charge in [0, 0.05) is 0 Å². The molecule has 0 amide bonds. The summed E-state index contributed by atoms with van der Waals surface area (Å²) in [7, 11) is 0. The van der Waals surface area contributed by atoms with Crippen LogP contribution in [0.25, 0.3) is 6.08 Å². The summed E-state index contributed by atoms with van der Waals surface area (Å²) in [4.78, 5) is 0. The number of aliphatic hydroxyl groups is 1. The zero-order chi connectivity index (χ0) is 11.9. The van der Waals surface area contributed by atoms with Crippen molar-refractivity contribution >= 4 is 6.08 Å². The van der Waals surface area contributed by atoms with Crippen molar-refractivity contribution in [2.75, 3.05) is 6.61 Å². The van der Waals surface area contributed by atoms with E-state index in [9.17, 15) is 5.11 Å². The molecular formula is C15H14O2. The van der Waals surface area contributed by atoms with E-state index in [0.717, 1.165) is 11.3 Å².